The van der Waals surface area contributed by atoms with Gasteiger partial charge in [0.15, 0.2) is 14.9 Å². The van der Waals surface area contributed by atoms with Crippen molar-refractivity contribution in [2.75, 3.05) is 25.3 Å². The van der Waals surface area contributed by atoms with E-state index < -0.39 is 35.8 Å². The van der Waals surface area contributed by atoms with E-state index in [9.17, 15) is 21.6 Å². The summed E-state index contributed by atoms with van der Waals surface area (Å²) in [7, 11) is -5.85. The number of nitrogens with one attached hydrogen (secondary N) is 2. The van der Waals surface area contributed by atoms with Crippen LogP contribution in [0, 0.1) is 0 Å². The number of methoxy groups -OCH3 is 2. The van der Waals surface area contributed by atoms with E-state index in [0.29, 0.717) is 0 Å². The summed E-state index contributed by atoms with van der Waals surface area (Å²) >= 11 is 0. The Morgan fingerprint density at radius 1 is 1.11 bits per heavy atom. The Morgan fingerprint density at radius 2 is 1.71 bits per heavy atom. The molecule has 0 bridgehead atoms. The fraction of sp³-hybridized carbons (Fsp3) is 0.286. The molecule has 0 spiro atoms. The minimum Gasteiger partial charge on any atom is -0.481 e. The molecule has 0 saturated carbocycles. The van der Waals surface area contributed by atoms with Crippen LogP contribution in [0.3, 0.4) is 0 Å². The molecule has 2 N–H and O–H groups in total. The molecule has 152 valence electrons. The van der Waals surface area contributed by atoms with Gasteiger partial charge in [-0.2, -0.15) is 18.4 Å². The number of carbonyl (C=O) groups excluding carboxylic acids is 1. The number of rotatable bonds is 7. The maximum atomic E-state index is 12.5. The van der Waals surface area contributed by atoms with E-state index in [-0.39, 0.29) is 23.5 Å². The summed E-state index contributed by atoms with van der Waals surface area (Å²) in [5, 5.41) is 1.31. The molecule has 2 rings (SSSR count). The molecule has 2 aromatic rings. The van der Waals surface area contributed by atoms with Crippen LogP contribution in [0.5, 0.6) is 11.8 Å². The van der Waals surface area contributed by atoms with Crippen LogP contribution in [0.4, 0.5) is 10.7 Å². The maximum Gasteiger partial charge on any atom is 0.335 e. The number of carbonyl (C=O) groups is 1. The zero-order valence-corrected chi connectivity index (χ0v) is 16.7. The van der Waals surface area contributed by atoms with Crippen molar-refractivity contribution in [2.45, 2.75) is 16.8 Å². The lowest BCUT2D eigenvalue weighted by molar-refractivity contribution is 0.256. The summed E-state index contributed by atoms with van der Waals surface area (Å²) in [4.78, 5) is 22.8. The lowest BCUT2D eigenvalue weighted by atomic mass is 10.5. The van der Waals surface area contributed by atoms with Gasteiger partial charge in [0, 0.05) is 6.20 Å². The number of sulfonamides is 1. The summed E-state index contributed by atoms with van der Waals surface area (Å²) in [6.07, 6.45) is 1.09. The third-order valence-electron chi connectivity index (χ3n) is 3.26. The van der Waals surface area contributed by atoms with Gasteiger partial charge in [0.2, 0.25) is 17.7 Å². The fourth-order valence-corrected chi connectivity index (χ4v) is 4.49. The standard InChI is InChI=1S/C14H17N5O7S2/c1-4-27(21,22)9-6-5-7-15-12(9)28(23,24)19-14(20)18-13-16-10(25-2)8-11(17-13)26-3/h5-8H,4H2,1-3H3,(H2,16,17,18,19,20). The summed E-state index contributed by atoms with van der Waals surface area (Å²) in [6, 6.07) is 2.47. The number of nitrogens with zero attached hydrogens (tertiary/aromatic N) is 3. The van der Waals surface area contributed by atoms with Gasteiger partial charge in [-0.15, -0.1) is 0 Å². The molecule has 2 heterocycles. The van der Waals surface area contributed by atoms with E-state index in [1.807, 2.05) is 0 Å². The van der Waals surface area contributed by atoms with Crippen molar-refractivity contribution in [1.29, 1.82) is 0 Å². The number of aromatic nitrogens is 3. The Bertz CT molecular complexity index is 1060. The molecular formula is C14H17N5O7S2. The molecule has 0 radical (unpaired) electrons. The van der Waals surface area contributed by atoms with Gasteiger partial charge in [0.25, 0.3) is 10.0 Å². The lowest BCUT2D eigenvalue weighted by Crippen LogP contribution is -2.36. The highest BCUT2D eigenvalue weighted by atomic mass is 32.2. The predicted octanol–water partition coefficient (Wildman–Crippen LogP) is 0.193. The van der Waals surface area contributed by atoms with Crippen LogP contribution < -0.4 is 19.5 Å². The number of amides is 2. The van der Waals surface area contributed by atoms with Gasteiger partial charge in [-0.05, 0) is 12.1 Å². The van der Waals surface area contributed by atoms with Crippen molar-refractivity contribution in [2.24, 2.45) is 0 Å². The van der Waals surface area contributed by atoms with Crippen LogP contribution in [0.25, 0.3) is 0 Å². The minimum atomic E-state index is -4.61. The van der Waals surface area contributed by atoms with E-state index in [2.05, 4.69) is 20.3 Å². The van der Waals surface area contributed by atoms with Crippen molar-refractivity contribution in [3.63, 3.8) is 0 Å². The van der Waals surface area contributed by atoms with Gasteiger partial charge in [0.05, 0.1) is 26.0 Å². The Hall–Kier alpha value is -3.00. The van der Waals surface area contributed by atoms with Crippen LogP contribution >= 0.6 is 0 Å². The van der Waals surface area contributed by atoms with Gasteiger partial charge < -0.3 is 9.47 Å². The molecule has 2 amide bonds. The normalized spacial score (nSPS) is 11.5. The van der Waals surface area contributed by atoms with Gasteiger partial charge in [-0.3, -0.25) is 5.32 Å². The third-order valence-corrected chi connectivity index (χ3v) is 6.43. The second-order valence-electron chi connectivity index (χ2n) is 5.05. The van der Waals surface area contributed by atoms with Crippen molar-refractivity contribution >= 4 is 31.8 Å². The van der Waals surface area contributed by atoms with Gasteiger partial charge in [0.1, 0.15) is 4.90 Å². The van der Waals surface area contributed by atoms with Gasteiger partial charge in [-0.1, -0.05) is 6.92 Å². The fourth-order valence-electron chi connectivity index (χ4n) is 1.94. The highest BCUT2D eigenvalue weighted by Gasteiger charge is 2.28. The Balaban J connectivity index is 2.30. The van der Waals surface area contributed by atoms with Crippen molar-refractivity contribution in [1.82, 2.24) is 19.7 Å². The summed E-state index contributed by atoms with van der Waals surface area (Å²) in [5.41, 5.74) is 0. The SMILES string of the molecule is CCS(=O)(=O)c1cccnc1S(=O)(=O)NC(=O)Nc1nc(OC)cc(OC)n1. The van der Waals surface area contributed by atoms with E-state index in [1.54, 1.807) is 4.72 Å². The molecule has 0 aliphatic carbocycles. The number of hydrogen-bond acceptors (Lipinski definition) is 10. The summed E-state index contributed by atoms with van der Waals surface area (Å²) in [6.45, 7) is 1.35. The number of anilines is 1. The average Bonchev–Trinajstić information content (AvgIpc) is 2.67. The number of sulfone groups is 1. The number of hydrogen-bond donors (Lipinski definition) is 2. The van der Waals surface area contributed by atoms with Crippen LogP contribution in [0.2, 0.25) is 0 Å². The largest absolute Gasteiger partial charge is 0.481 e. The first-order chi connectivity index (χ1) is 13.1. The first kappa shape index (κ1) is 21.3. The molecule has 14 heteroatoms. The molecule has 0 saturated heterocycles. The topological polar surface area (TPSA) is 167 Å². The third kappa shape index (κ3) is 4.83. The minimum absolute atomic E-state index is 0.0612. The number of ether oxygens (including phenoxy) is 2. The second-order valence-corrected chi connectivity index (χ2v) is 8.89. The number of urea groups is 1. The Labute approximate surface area is 161 Å². The second kappa shape index (κ2) is 8.35. The molecule has 0 aliphatic heterocycles. The summed E-state index contributed by atoms with van der Waals surface area (Å²) < 4.78 is 60.7. The lowest BCUT2D eigenvalue weighted by Gasteiger charge is -2.11. The van der Waals surface area contributed by atoms with Crippen LogP contribution in [0.15, 0.2) is 34.3 Å². The van der Waals surface area contributed by atoms with E-state index in [1.165, 1.54) is 33.3 Å². The van der Waals surface area contributed by atoms with Gasteiger partial charge >= 0.3 is 6.03 Å². The molecule has 0 fully saturated rings. The first-order valence-electron chi connectivity index (χ1n) is 7.61. The van der Waals surface area contributed by atoms with Crippen LogP contribution in [0.1, 0.15) is 6.92 Å². The molecule has 0 unspecified atom stereocenters. The maximum absolute atomic E-state index is 12.5. The zero-order chi connectivity index (χ0) is 20.9. The molecule has 28 heavy (non-hydrogen) atoms. The van der Waals surface area contributed by atoms with E-state index in [4.69, 9.17) is 9.47 Å². The first-order valence-corrected chi connectivity index (χ1v) is 10.7. The molecule has 12 nitrogen and oxygen atoms in total. The molecule has 0 aromatic carbocycles. The quantitative estimate of drug-likeness (QED) is 0.618. The zero-order valence-electron chi connectivity index (χ0n) is 15.0. The highest BCUT2D eigenvalue weighted by Crippen LogP contribution is 2.20. The molecule has 0 atom stereocenters. The highest BCUT2D eigenvalue weighted by molar-refractivity contribution is 7.93. The molecular weight excluding hydrogens is 414 g/mol. The van der Waals surface area contributed by atoms with Crippen molar-refractivity contribution < 1.29 is 31.1 Å². The van der Waals surface area contributed by atoms with Gasteiger partial charge in [-0.25, -0.2) is 22.9 Å². The average molecular weight is 431 g/mol. The van der Waals surface area contributed by atoms with Crippen LogP contribution in [-0.4, -0.2) is 57.8 Å². The van der Waals surface area contributed by atoms with Crippen molar-refractivity contribution in [3.05, 3.63) is 24.4 Å². The predicted molar refractivity (Wildman–Crippen MR) is 96.4 cm³/mol. The molecule has 2 aromatic heterocycles. The van der Waals surface area contributed by atoms with Crippen LogP contribution in [-0.2, 0) is 19.9 Å². The summed E-state index contributed by atoms with van der Waals surface area (Å²) in [5.74, 6) is -0.520. The van der Waals surface area contributed by atoms with Crippen molar-refractivity contribution in [3.8, 4) is 11.8 Å². The monoisotopic (exact) mass is 431 g/mol. The number of pyridine rings is 1. The van der Waals surface area contributed by atoms with E-state index >= 15 is 0 Å². The Kier molecular flexibility index (Phi) is 6.35. The Morgan fingerprint density at radius 3 is 2.25 bits per heavy atom. The smallest absolute Gasteiger partial charge is 0.335 e. The van der Waals surface area contributed by atoms with E-state index in [0.717, 1.165) is 12.3 Å². The molecule has 0 aliphatic rings.